The molecule has 1 aliphatic carbocycles. The number of non-ortho nitro benzene ring substituents is 1. The van der Waals surface area contributed by atoms with Gasteiger partial charge in [0.2, 0.25) is 10.0 Å². The van der Waals surface area contributed by atoms with Gasteiger partial charge < -0.3 is 0 Å². The second-order valence-electron chi connectivity index (χ2n) is 3.65. The van der Waals surface area contributed by atoms with Crippen LogP contribution in [-0.4, -0.2) is 18.6 Å². The standard InChI is InChI=1S/C9H10N2O4S/c12-11(13)8-3-1-2-7(6-8)10-16(14,15)9-4-5-9/h1-3,6,9-10H,4-5H2. The highest BCUT2D eigenvalue weighted by Crippen LogP contribution is 2.30. The number of nitrogens with zero attached hydrogens (tertiary/aromatic N) is 1. The van der Waals surface area contributed by atoms with Crippen molar-refractivity contribution in [2.75, 3.05) is 4.72 Å². The molecule has 16 heavy (non-hydrogen) atoms. The number of rotatable bonds is 4. The lowest BCUT2D eigenvalue weighted by atomic mass is 10.3. The van der Waals surface area contributed by atoms with E-state index < -0.39 is 14.9 Å². The van der Waals surface area contributed by atoms with E-state index in [1.165, 1.54) is 24.3 Å². The van der Waals surface area contributed by atoms with Gasteiger partial charge in [-0.3, -0.25) is 14.8 Å². The van der Waals surface area contributed by atoms with Gasteiger partial charge in [0.05, 0.1) is 15.9 Å². The van der Waals surface area contributed by atoms with Crippen molar-refractivity contribution < 1.29 is 13.3 Å². The highest BCUT2D eigenvalue weighted by molar-refractivity contribution is 7.93. The molecule has 0 unspecified atom stereocenters. The summed E-state index contributed by atoms with van der Waals surface area (Å²) in [6.45, 7) is 0. The number of nitro benzene ring substituents is 1. The molecular weight excluding hydrogens is 232 g/mol. The predicted octanol–water partition coefficient (Wildman–Crippen LogP) is 1.50. The van der Waals surface area contributed by atoms with Crippen molar-refractivity contribution in [1.82, 2.24) is 0 Å². The first-order valence-corrected chi connectivity index (χ1v) is 6.30. The van der Waals surface area contributed by atoms with Crippen LogP contribution < -0.4 is 4.72 Å². The van der Waals surface area contributed by atoms with Crippen molar-refractivity contribution in [1.29, 1.82) is 0 Å². The monoisotopic (exact) mass is 242 g/mol. The number of benzene rings is 1. The van der Waals surface area contributed by atoms with Crippen LogP contribution in [0.25, 0.3) is 0 Å². The third-order valence-corrected chi connectivity index (χ3v) is 4.15. The molecule has 1 saturated carbocycles. The minimum absolute atomic E-state index is 0.129. The van der Waals surface area contributed by atoms with Gasteiger partial charge >= 0.3 is 0 Å². The minimum Gasteiger partial charge on any atom is -0.283 e. The van der Waals surface area contributed by atoms with Gasteiger partial charge in [0.15, 0.2) is 0 Å². The lowest BCUT2D eigenvalue weighted by molar-refractivity contribution is -0.384. The van der Waals surface area contributed by atoms with Gasteiger partial charge in [0, 0.05) is 12.1 Å². The van der Waals surface area contributed by atoms with Crippen LogP contribution in [0.1, 0.15) is 12.8 Å². The maximum Gasteiger partial charge on any atom is 0.271 e. The Kier molecular flexibility index (Phi) is 2.55. The van der Waals surface area contributed by atoms with Gasteiger partial charge in [-0.15, -0.1) is 0 Å². The van der Waals surface area contributed by atoms with E-state index in [2.05, 4.69) is 4.72 Å². The van der Waals surface area contributed by atoms with Gasteiger partial charge in [-0.1, -0.05) is 6.07 Å². The average Bonchev–Trinajstić information content (AvgIpc) is 3.00. The molecule has 0 atom stereocenters. The summed E-state index contributed by atoms with van der Waals surface area (Å²) >= 11 is 0. The molecular formula is C9H10N2O4S. The number of nitrogens with one attached hydrogen (secondary N) is 1. The zero-order chi connectivity index (χ0) is 11.8. The van der Waals surface area contributed by atoms with Crippen LogP contribution in [0.3, 0.4) is 0 Å². The lowest BCUT2D eigenvalue weighted by Gasteiger charge is -2.05. The van der Waals surface area contributed by atoms with Crippen LogP contribution in [0.2, 0.25) is 0 Å². The highest BCUT2D eigenvalue weighted by Gasteiger charge is 2.35. The van der Waals surface area contributed by atoms with E-state index in [0.29, 0.717) is 12.8 Å². The summed E-state index contributed by atoms with van der Waals surface area (Å²) in [6.07, 6.45) is 1.31. The second-order valence-corrected chi connectivity index (χ2v) is 5.61. The molecule has 1 aliphatic rings. The molecule has 1 fully saturated rings. The van der Waals surface area contributed by atoms with Crippen molar-refractivity contribution in [3.8, 4) is 0 Å². The smallest absolute Gasteiger partial charge is 0.271 e. The second kappa shape index (κ2) is 3.75. The van der Waals surface area contributed by atoms with Crippen molar-refractivity contribution in [3.05, 3.63) is 34.4 Å². The molecule has 1 N–H and O–H groups in total. The minimum atomic E-state index is -3.36. The third kappa shape index (κ3) is 2.30. The molecule has 1 aromatic rings. The number of anilines is 1. The van der Waals surface area contributed by atoms with Crippen LogP contribution >= 0.6 is 0 Å². The molecule has 0 saturated heterocycles. The largest absolute Gasteiger partial charge is 0.283 e. The first-order valence-electron chi connectivity index (χ1n) is 4.75. The van der Waals surface area contributed by atoms with E-state index in [1.807, 2.05) is 0 Å². The molecule has 0 heterocycles. The molecule has 2 rings (SSSR count). The first-order chi connectivity index (χ1) is 7.49. The zero-order valence-electron chi connectivity index (χ0n) is 8.29. The molecule has 86 valence electrons. The van der Waals surface area contributed by atoms with Crippen LogP contribution in [0.15, 0.2) is 24.3 Å². The maximum atomic E-state index is 11.6. The zero-order valence-corrected chi connectivity index (χ0v) is 9.11. The molecule has 0 spiro atoms. The summed E-state index contributed by atoms with van der Waals surface area (Å²) in [4.78, 5) is 9.93. The van der Waals surface area contributed by atoms with Crippen molar-refractivity contribution >= 4 is 21.4 Å². The number of hydrogen-bond acceptors (Lipinski definition) is 4. The SMILES string of the molecule is O=[N+]([O-])c1cccc(NS(=O)(=O)C2CC2)c1. The van der Waals surface area contributed by atoms with Crippen LogP contribution in [-0.2, 0) is 10.0 Å². The number of sulfonamides is 1. The third-order valence-electron chi connectivity index (χ3n) is 2.28. The van der Waals surface area contributed by atoms with Crippen molar-refractivity contribution in [2.24, 2.45) is 0 Å². The molecule has 6 nitrogen and oxygen atoms in total. The summed E-state index contributed by atoms with van der Waals surface area (Å²) in [5.41, 5.74) is 0.108. The first kappa shape index (κ1) is 10.9. The van der Waals surface area contributed by atoms with E-state index in [1.54, 1.807) is 0 Å². The number of hydrogen-bond donors (Lipinski definition) is 1. The number of nitro groups is 1. The van der Waals surface area contributed by atoms with E-state index in [9.17, 15) is 18.5 Å². The van der Waals surface area contributed by atoms with E-state index in [-0.39, 0.29) is 16.6 Å². The fraction of sp³-hybridized carbons (Fsp3) is 0.333. The van der Waals surface area contributed by atoms with Gasteiger partial charge in [-0.2, -0.15) is 0 Å². The fourth-order valence-corrected chi connectivity index (χ4v) is 2.69. The Morgan fingerprint density at radius 2 is 2.06 bits per heavy atom. The van der Waals surface area contributed by atoms with E-state index in [0.717, 1.165) is 0 Å². The lowest BCUT2D eigenvalue weighted by Crippen LogP contribution is -2.17. The normalized spacial score (nSPS) is 15.8. The summed E-state index contributed by atoms with van der Waals surface area (Å²) < 4.78 is 25.5. The quantitative estimate of drug-likeness (QED) is 0.640. The average molecular weight is 242 g/mol. The molecule has 0 aromatic heterocycles. The molecule has 0 bridgehead atoms. The Labute approximate surface area is 92.5 Å². The Hall–Kier alpha value is -1.63. The Balaban J connectivity index is 2.21. The molecule has 1 aromatic carbocycles. The predicted molar refractivity (Wildman–Crippen MR) is 58.7 cm³/mol. The maximum absolute atomic E-state index is 11.6. The van der Waals surface area contributed by atoms with Crippen molar-refractivity contribution in [2.45, 2.75) is 18.1 Å². The van der Waals surface area contributed by atoms with Crippen molar-refractivity contribution in [3.63, 3.8) is 0 Å². The van der Waals surface area contributed by atoms with Crippen LogP contribution in [0, 0.1) is 10.1 Å². The molecule has 0 amide bonds. The van der Waals surface area contributed by atoms with Crippen LogP contribution in [0.5, 0.6) is 0 Å². The van der Waals surface area contributed by atoms with Gasteiger partial charge in [-0.25, -0.2) is 8.42 Å². The Morgan fingerprint density at radius 1 is 1.38 bits per heavy atom. The Morgan fingerprint density at radius 3 is 2.62 bits per heavy atom. The van der Waals surface area contributed by atoms with E-state index in [4.69, 9.17) is 0 Å². The summed E-state index contributed by atoms with van der Waals surface area (Å²) in [5.74, 6) is 0. The van der Waals surface area contributed by atoms with Gasteiger partial charge in [0.1, 0.15) is 0 Å². The highest BCUT2D eigenvalue weighted by atomic mass is 32.2. The summed E-state index contributed by atoms with van der Waals surface area (Å²) in [7, 11) is -3.36. The Bertz CT molecular complexity index is 522. The molecule has 7 heteroatoms. The van der Waals surface area contributed by atoms with Crippen LogP contribution in [0.4, 0.5) is 11.4 Å². The van der Waals surface area contributed by atoms with Gasteiger partial charge in [-0.05, 0) is 18.9 Å². The van der Waals surface area contributed by atoms with Gasteiger partial charge in [0.25, 0.3) is 5.69 Å². The molecule has 0 aliphatic heterocycles. The summed E-state index contributed by atoms with van der Waals surface area (Å²) in [6, 6.07) is 5.46. The van der Waals surface area contributed by atoms with E-state index >= 15 is 0 Å². The molecule has 0 radical (unpaired) electrons. The topological polar surface area (TPSA) is 89.3 Å². The fourth-order valence-electron chi connectivity index (χ4n) is 1.31. The summed E-state index contributed by atoms with van der Waals surface area (Å²) in [5, 5.41) is 10.2.